The van der Waals surface area contributed by atoms with E-state index in [0.717, 1.165) is 10.0 Å². The van der Waals surface area contributed by atoms with Crippen LogP contribution in [0.25, 0.3) is 17.4 Å². The average molecular weight is 467 g/mol. The van der Waals surface area contributed by atoms with E-state index < -0.39 is 11.4 Å². The van der Waals surface area contributed by atoms with Gasteiger partial charge in [0.2, 0.25) is 0 Å². The normalized spacial score (nSPS) is 11.8. The highest BCUT2D eigenvalue weighted by atomic mass is 79.9. The fraction of sp³-hybridized carbons (Fsp3) is 0.167. The summed E-state index contributed by atoms with van der Waals surface area (Å²) < 4.78 is 6.86. The Morgan fingerprint density at radius 3 is 2.23 bits per heavy atom. The maximum atomic E-state index is 12.8. The van der Waals surface area contributed by atoms with E-state index in [1.54, 1.807) is 30.3 Å². The fourth-order valence-electron chi connectivity index (χ4n) is 2.69. The smallest absolute Gasteiger partial charge is 0.268 e. The summed E-state index contributed by atoms with van der Waals surface area (Å²) in [4.78, 5) is 25.4. The summed E-state index contributed by atoms with van der Waals surface area (Å²) in [5.74, 6) is 0.359. The SMILES string of the molecule is CC(C)(C)NC(=O)C(=Cc1ccc(-c2ccc(Br)cc2)o1)NC(=O)c1ccccc1. The number of carbonyl (C=O) groups is 2. The standard InChI is InChI=1S/C24H23BrN2O3/c1-24(2,3)27-23(29)20(26-22(28)17-7-5-4-6-8-17)15-19-13-14-21(30-19)16-9-11-18(25)12-10-16/h4-15H,1-3H3,(H,26,28)(H,27,29). The van der Waals surface area contributed by atoms with Crippen LogP contribution in [-0.2, 0) is 4.79 Å². The lowest BCUT2D eigenvalue weighted by atomic mass is 10.1. The monoisotopic (exact) mass is 466 g/mol. The van der Waals surface area contributed by atoms with Crippen LogP contribution >= 0.6 is 15.9 Å². The Labute approximate surface area is 184 Å². The van der Waals surface area contributed by atoms with Gasteiger partial charge in [-0.15, -0.1) is 0 Å². The molecule has 3 rings (SSSR count). The van der Waals surface area contributed by atoms with E-state index in [2.05, 4.69) is 26.6 Å². The number of benzene rings is 2. The van der Waals surface area contributed by atoms with Crippen molar-refractivity contribution in [2.75, 3.05) is 0 Å². The Kier molecular flexibility index (Phi) is 6.57. The molecule has 0 saturated carbocycles. The van der Waals surface area contributed by atoms with Crippen molar-refractivity contribution in [3.63, 3.8) is 0 Å². The minimum Gasteiger partial charge on any atom is -0.457 e. The zero-order chi connectivity index (χ0) is 21.7. The number of nitrogens with one attached hydrogen (secondary N) is 2. The molecule has 0 fully saturated rings. The van der Waals surface area contributed by atoms with Crippen LogP contribution in [0.5, 0.6) is 0 Å². The Balaban J connectivity index is 1.89. The molecule has 30 heavy (non-hydrogen) atoms. The minimum absolute atomic E-state index is 0.107. The van der Waals surface area contributed by atoms with Crippen molar-refractivity contribution in [3.05, 3.63) is 88.2 Å². The van der Waals surface area contributed by atoms with E-state index in [4.69, 9.17) is 4.42 Å². The lowest BCUT2D eigenvalue weighted by Gasteiger charge is -2.21. The number of hydrogen-bond acceptors (Lipinski definition) is 3. The number of halogens is 1. The first-order valence-corrected chi connectivity index (χ1v) is 10.3. The first-order chi connectivity index (χ1) is 14.2. The van der Waals surface area contributed by atoms with Gasteiger partial charge in [-0.3, -0.25) is 9.59 Å². The van der Waals surface area contributed by atoms with Gasteiger partial charge in [0.25, 0.3) is 11.8 Å². The maximum absolute atomic E-state index is 12.8. The van der Waals surface area contributed by atoms with Crippen LogP contribution < -0.4 is 10.6 Å². The van der Waals surface area contributed by atoms with Crippen LogP contribution in [0.1, 0.15) is 36.9 Å². The van der Waals surface area contributed by atoms with Crippen molar-refractivity contribution in [1.82, 2.24) is 10.6 Å². The zero-order valence-corrected chi connectivity index (χ0v) is 18.6. The van der Waals surface area contributed by atoms with Gasteiger partial charge < -0.3 is 15.1 Å². The predicted molar refractivity (Wildman–Crippen MR) is 122 cm³/mol. The third-order valence-electron chi connectivity index (χ3n) is 4.06. The maximum Gasteiger partial charge on any atom is 0.268 e. The van der Waals surface area contributed by atoms with Gasteiger partial charge in [0, 0.05) is 27.2 Å². The average Bonchev–Trinajstić information content (AvgIpc) is 3.16. The van der Waals surface area contributed by atoms with Gasteiger partial charge in [0.05, 0.1) is 0 Å². The number of hydrogen-bond donors (Lipinski definition) is 2. The summed E-state index contributed by atoms with van der Waals surface area (Å²) in [5.41, 5.74) is 1.02. The molecule has 0 atom stereocenters. The summed E-state index contributed by atoms with van der Waals surface area (Å²) in [6, 6.07) is 20.0. The molecule has 5 nitrogen and oxygen atoms in total. The third-order valence-corrected chi connectivity index (χ3v) is 4.59. The van der Waals surface area contributed by atoms with E-state index in [1.807, 2.05) is 57.2 Å². The van der Waals surface area contributed by atoms with Gasteiger partial charge in [0.1, 0.15) is 17.2 Å². The molecular formula is C24H23BrN2O3. The first kappa shape index (κ1) is 21.6. The molecule has 2 N–H and O–H groups in total. The van der Waals surface area contributed by atoms with Crippen LogP contribution in [0.3, 0.4) is 0 Å². The predicted octanol–water partition coefficient (Wildman–Crippen LogP) is 5.39. The quantitative estimate of drug-likeness (QED) is 0.494. The van der Waals surface area contributed by atoms with Crippen LogP contribution in [-0.4, -0.2) is 17.4 Å². The molecular weight excluding hydrogens is 444 g/mol. The van der Waals surface area contributed by atoms with Crippen molar-refractivity contribution in [1.29, 1.82) is 0 Å². The van der Waals surface area contributed by atoms with Gasteiger partial charge in [-0.1, -0.05) is 46.3 Å². The summed E-state index contributed by atoms with van der Waals surface area (Å²) in [6.07, 6.45) is 1.53. The molecule has 6 heteroatoms. The van der Waals surface area contributed by atoms with Gasteiger partial charge in [-0.05, 0) is 57.2 Å². The molecule has 0 spiro atoms. The lowest BCUT2D eigenvalue weighted by Crippen LogP contribution is -2.44. The van der Waals surface area contributed by atoms with Crippen LogP contribution in [0.4, 0.5) is 0 Å². The molecule has 154 valence electrons. The molecule has 0 radical (unpaired) electrons. The van der Waals surface area contributed by atoms with Crippen molar-refractivity contribution in [2.45, 2.75) is 26.3 Å². The van der Waals surface area contributed by atoms with E-state index >= 15 is 0 Å². The van der Waals surface area contributed by atoms with Crippen LogP contribution in [0, 0.1) is 0 Å². The molecule has 1 aromatic heterocycles. The van der Waals surface area contributed by atoms with Crippen molar-refractivity contribution in [2.24, 2.45) is 0 Å². The van der Waals surface area contributed by atoms with E-state index in [-0.39, 0.29) is 11.6 Å². The molecule has 0 aliphatic heterocycles. The number of carbonyl (C=O) groups excluding carboxylic acids is 2. The molecule has 2 amide bonds. The largest absolute Gasteiger partial charge is 0.457 e. The third kappa shape index (κ3) is 5.94. The first-order valence-electron chi connectivity index (χ1n) is 9.48. The number of furan rings is 1. The van der Waals surface area contributed by atoms with Gasteiger partial charge in [-0.2, -0.15) is 0 Å². The Morgan fingerprint density at radius 2 is 1.60 bits per heavy atom. The van der Waals surface area contributed by atoms with E-state index in [1.165, 1.54) is 6.08 Å². The second kappa shape index (κ2) is 9.13. The van der Waals surface area contributed by atoms with E-state index in [9.17, 15) is 9.59 Å². The van der Waals surface area contributed by atoms with Crippen LogP contribution in [0.15, 0.2) is 81.3 Å². The number of amides is 2. The highest BCUT2D eigenvalue weighted by Crippen LogP contribution is 2.25. The highest BCUT2D eigenvalue weighted by molar-refractivity contribution is 9.10. The summed E-state index contributed by atoms with van der Waals surface area (Å²) in [5, 5.41) is 5.58. The Morgan fingerprint density at radius 1 is 0.933 bits per heavy atom. The molecule has 0 bridgehead atoms. The number of rotatable bonds is 5. The molecule has 0 aliphatic rings. The molecule has 0 unspecified atom stereocenters. The Hall–Kier alpha value is -3.12. The van der Waals surface area contributed by atoms with Gasteiger partial charge in [0.15, 0.2) is 0 Å². The topological polar surface area (TPSA) is 71.3 Å². The highest BCUT2D eigenvalue weighted by Gasteiger charge is 2.20. The Bertz CT molecular complexity index is 1060. The second-order valence-corrected chi connectivity index (χ2v) is 8.71. The fourth-order valence-corrected chi connectivity index (χ4v) is 2.96. The van der Waals surface area contributed by atoms with E-state index in [0.29, 0.717) is 17.1 Å². The molecule has 0 saturated heterocycles. The lowest BCUT2D eigenvalue weighted by molar-refractivity contribution is -0.119. The summed E-state index contributed by atoms with van der Waals surface area (Å²) in [7, 11) is 0. The zero-order valence-electron chi connectivity index (χ0n) is 17.0. The molecule has 2 aromatic carbocycles. The summed E-state index contributed by atoms with van der Waals surface area (Å²) in [6.45, 7) is 5.63. The van der Waals surface area contributed by atoms with Crippen molar-refractivity contribution < 1.29 is 14.0 Å². The van der Waals surface area contributed by atoms with Crippen molar-refractivity contribution >= 4 is 33.8 Å². The second-order valence-electron chi connectivity index (χ2n) is 7.79. The molecule has 0 aliphatic carbocycles. The van der Waals surface area contributed by atoms with Crippen molar-refractivity contribution in [3.8, 4) is 11.3 Å². The van der Waals surface area contributed by atoms with Gasteiger partial charge >= 0.3 is 0 Å². The molecule has 3 aromatic rings. The van der Waals surface area contributed by atoms with Crippen LogP contribution in [0.2, 0.25) is 0 Å². The summed E-state index contributed by atoms with van der Waals surface area (Å²) >= 11 is 3.41. The minimum atomic E-state index is -0.459. The van der Waals surface area contributed by atoms with Gasteiger partial charge in [-0.25, -0.2) is 0 Å². The molecule has 1 heterocycles.